The van der Waals surface area contributed by atoms with E-state index >= 15 is 0 Å². The summed E-state index contributed by atoms with van der Waals surface area (Å²) in [5.74, 6) is 0.913. The first kappa shape index (κ1) is 10.4. The Labute approximate surface area is 101 Å². The van der Waals surface area contributed by atoms with Gasteiger partial charge >= 0.3 is 0 Å². The monoisotopic (exact) mass is 232 g/mol. The first-order valence-corrected chi connectivity index (χ1v) is 6.87. The SMILES string of the molecule is O=C(SC12CCC(CC1)C2)c1ccccc1. The molecule has 2 saturated carbocycles. The summed E-state index contributed by atoms with van der Waals surface area (Å²) in [7, 11) is 0. The van der Waals surface area contributed by atoms with Crippen molar-refractivity contribution in [3.8, 4) is 0 Å². The van der Waals surface area contributed by atoms with Crippen LogP contribution in [0.3, 0.4) is 0 Å². The highest BCUT2D eigenvalue weighted by Crippen LogP contribution is 2.55. The lowest BCUT2D eigenvalue weighted by molar-refractivity contribution is 0.108. The second kappa shape index (κ2) is 3.92. The van der Waals surface area contributed by atoms with E-state index < -0.39 is 0 Å². The van der Waals surface area contributed by atoms with Gasteiger partial charge in [-0.2, -0.15) is 0 Å². The third kappa shape index (κ3) is 1.80. The number of carbonyl (C=O) groups is 1. The van der Waals surface area contributed by atoms with Gasteiger partial charge in [0, 0.05) is 10.3 Å². The van der Waals surface area contributed by atoms with Gasteiger partial charge < -0.3 is 0 Å². The van der Waals surface area contributed by atoms with E-state index in [2.05, 4.69) is 0 Å². The van der Waals surface area contributed by atoms with Crippen molar-refractivity contribution in [1.82, 2.24) is 0 Å². The second-order valence-corrected chi connectivity index (χ2v) is 6.53. The zero-order chi connectivity index (χ0) is 11.0. The number of fused-ring (bicyclic) bond motifs is 2. The zero-order valence-electron chi connectivity index (χ0n) is 9.32. The average molecular weight is 232 g/mol. The molecule has 0 aliphatic heterocycles. The third-order valence-electron chi connectivity index (χ3n) is 4.00. The van der Waals surface area contributed by atoms with Gasteiger partial charge in [-0.1, -0.05) is 42.1 Å². The Bertz CT molecular complexity index is 390. The molecule has 1 aromatic carbocycles. The molecule has 2 aliphatic carbocycles. The van der Waals surface area contributed by atoms with Crippen molar-refractivity contribution in [2.24, 2.45) is 5.92 Å². The van der Waals surface area contributed by atoms with E-state index in [1.807, 2.05) is 30.3 Å². The van der Waals surface area contributed by atoms with Crippen LogP contribution < -0.4 is 0 Å². The molecule has 2 aliphatic rings. The van der Waals surface area contributed by atoms with Crippen molar-refractivity contribution in [2.75, 3.05) is 0 Å². The van der Waals surface area contributed by atoms with Crippen LogP contribution in [0, 0.1) is 5.92 Å². The normalized spacial score (nSPS) is 31.9. The van der Waals surface area contributed by atoms with Crippen LogP contribution in [0.4, 0.5) is 0 Å². The molecule has 0 radical (unpaired) electrons. The molecule has 0 aromatic heterocycles. The topological polar surface area (TPSA) is 17.1 Å². The molecule has 0 heterocycles. The third-order valence-corrected chi connectivity index (χ3v) is 5.42. The summed E-state index contributed by atoms with van der Waals surface area (Å²) in [6.07, 6.45) is 6.46. The molecule has 0 atom stereocenters. The fraction of sp³-hybridized carbons (Fsp3) is 0.500. The van der Waals surface area contributed by atoms with E-state index in [9.17, 15) is 4.79 Å². The van der Waals surface area contributed by atoms with Gasteiger partial charge in [-0.3, -0.25) is 4.79 Å². The minimum atomic E-state index is 0.267. The van der Waals surface area contributed by atoms with Crippen molar-refractivity contribution < 1.29 is 4.79 Å². The highest BCUT2D eigenvalue weighted by atomic mass is 32.2. The Kier molecular flexibility index (Phi) is 2.55. The predicted octanol–water partition coefficient (Wildman–Crippen LogP) is 3.89. The molecule has 84 valence electrons. The van der Waals surface area contributed by atoms with Crippen molar-refractivity contribution >= 4 is 16.9 Å². The van der Waals surface area contributed by atoms with Crippen molar-refractivity contribution in [2.45, 2.75) is 36.9 Å². The Morgan fingerprint density at radius 1 is 1.19 bits per heavy atom. The van der Waals surface area contributed by atoms with Crippen LogP contribution in [-0.4, -0.2) is 9.86 Å². The Balaban J connectivity index is 1.74. The molecule has 2 fully saturated rings. The molecule has 0 amide bonds. The predicted molar refractivity (Wildman–Crippen MR) is 67.7 cm³/mol. The summed E-state index contributed by atoms with van der Waals surface area (Å²) in [6.45, 7) is 0. The van der Waals surface area contributed by atoms with E-state index in [1.54, 1.807) is 11.8 Å². The molecule has 1 nitrogen and oxygen atoms in total. The number of hydrogen-bond donors (Lipinski definition) is 0. The van der Waals surface area contributed by atoms with Crippen LogP contribution in [-0.2, 0) is 0 Å². The van der Waals surface area contributed by atoms with E-state index in [4.69, 9.17) is 0 Å². The van der Waals surface area contributed by atoms with E-state index in [-0.39, 0.29) is 5.12 Å². The van der Waals surface area contributed by atoms with Crippen LogP contribution in [0.25, 0.3) is 0 Å². The smallest absolute Gasteiger partial charge is 0.219 e. The molecule has 0 N–H and O–H groups in total. The first-order chi connectivity index (χ1) is 7.77. The van der Waals surface area contributed by atoms with Crippen molar-refractivity contribution in [1.29, 1.82) is 0 Å². The average Bonchev–Trinajstić information content (AvgIpc) is 2.90. The summed E-state index contributed by atoms with van der Waals surface area (Å²) >= 11 is 1.61. The maximum absolute atomic E-state index is 12.1. The van der Waals surface area contributed by atoms with Gasteiger partial charge in [0.25, 0.3) is 0 Å². The maximum atomic E-state index is 12.1. The molecular formula is C14H16OS. The second-order valence-electron chi connectivity index (χ2n) is 5.09. The lowest BCUT2D eigenvalue weighted by atomic mass is 10.0. The summed E-state index contributed by atoms with van der Waals surface area (Å²) in [5.41, 5.74) is 0.859. The Morgan fingerprint density at radius 3 is 2.44 bits per heavy atom. The maximum Gasteiger partial charge on any atom is 0.219 e. The lowest BCUT2D eigenvalue weighted by Gasteiger charge is -2.24. The van der Waals surface area contributed by atoms with Crippen LogP contribution in [0.5, 0.6) is 0 Å². The van der Waals surface area contributed by atoms with Gasteiger partial charge in [0.15, 0.2) is 0 Å². The summed E-state index contributed by atoms with van der Waals surface area (Å²) in [4.78, 5) is 12.1. The van der Waals surface area contributed by atoms with E-state index in [1.165, 1.54) is 32.1 Å². The number of thioether (sulfide) groups is 1. The largest absolute Gasteiger partial charge is 0.282 e. The fourth-order valence-corrected chi connectivity index (χ4v) is 4.52. The molecule has 0 spiro atoms. The summed E-state index contributed by atoms with van der Waals surface area (Å²) in [6, 6.07) is 9.69. The summed E-state index contributed by atoms with van der Waals surface area (Å²) in [5, 5.41) is 0.267. The van der Waals surface area contributed by atoms with Gasteiger partial charge in [0.2, 0.25) is 5.12 Å². The fourth-order valence-electron chi connectivity index (χ4n) is 3.11. The van der Waals surface area contributed by atoms with Crippen LogP contribution in [0.15, 0.2) is 30.3 Å². The molecule has 3 rings (SSSR count). The highest BCUT2D eigenvalue weighted by molar-refractivity contribution is 8.15. The number of hydrogen-bond acceptors (Lipinski definition) is 2. The molecule has 16 heavy (non-hydrogen) atoms. The van der Waals surface area contributed by atoms with E-state index in [0.29, 0.717) is 4.75 Å². The van der Waals surface area contributed by atoms with Gasteiger partial charge in [0.1, 0.15) is 0 Å². The molecule has 2 heteroatoms. The lowest BCUT2D eigenvalue weighted by Crippen LogP contribution is -2.19. The highest BCUT2D eigenvalue weighted by Gasteiger charge is 2.46. The zero-order valence-corrected chi connectivity index (χ0v) is 10.1. The van der Waals surface area contributed by atoms with Crippen molar-refractivity contribution in [3.63, 3.8) is 0 Å². The number of carbonyl (C=O) groups excluding carboxylic acids is 1. The van der Waals surface area contributed by atoms with E-state index in [0.717, 1.165) is 11.5 Å². The summed E-state index contributed by atoms with van der Waals surface area (Å²) < 4.78 is 0.303. The Hall–Kier alpha value is -0.760. The van der Waals surface area contributed by atoms with Crippen LogP contribution in [0.2, 0.25) is 0 Å². The molecule has 0 saturated heterocycles. The first-order valence-electron chi connectivity index (χ1n) is 6.06. The van der Waals surface area contributed by atoms with Crippen LogP contribution >= 0.6 is 11.8 Å². The van der Waals surface area contributed by atoms with Gasteiger partial charge in [-0.05, 0) is 38.0 Å². The molecular weight excluding hydrogens is 216 g/mol. The molecule has 0 unspecified atom stereocenters. The molecule has 2 bridgehead atoms. The Morgan fingerprint density at radius 2 is 1.88 bits per heavy atom. The number of benzene rings is 1. The minimum Gasteiger partial charge on any atom is -0.282 e. The minimum absolute atomic E-state index is 0.267. The standard InChI is InChI=1S/C14H16OS/c15-13(12-4-2-1-3-5-12)16-14-8-6-11(10-14)7-9-14/h1-5,11H,6-10H2. The molecule has 1 aromatic rings. The quantitative estimate of drug-likeness (QED) is 0.769. The van der Waals surface area contributed by atoms with Gasteiger partial charge in [-0.25, -0.2) is 0 Å². The van der Waals surface area contributed by atoms with Gasteiger partial charge in [0.05, 0.1) is 0 Å². The van der Waals surface area contributed by atoms with Crippen molar-refractivity contribution in [3.05, 3.63) is 35.9 Å². The number of rotatable bonds is 2. The van der Waals surface area contributed by atoms with Gasteiger partial charge in [-0.15, -0.1) is 0 Å². The van der Waals surface area contributed by atoms with Crippen LogP contribution in [0.1, 0.15) is 42.5 Å².